The number of hydrogen-bond donors (Lipinski definition) is 1. The largest absolute Gasteiger partial charge is 0.473 e. The fraction of sp³-hybridized carbons (Fsp3) is 0.462. The number of benzene rings is 1. The minimum Gasteiger partial charge on any atom is -0.473 e. The van der Waals surface area contributed by atoms with Crippen LogP contribution >= 0.6 is 0 Å². The maximum Gasteiger partial charge on any atom is 0.240 e. The van der Waals surface area contributed by atoms with Crippen LogP contribution in [0.4, 0.5) is 5.69 Å². The van der Waals surface area contributed by atoms with Crippen LogP contribution in [0, 0.1) is 0 Å². The van der Waals surface area contributed by atoms with Crippen molar-refractivity contribution >= 4 is 16.6 Å². The number of rotatable bonds is 3. The lowest BCUT2D eigenvalue weighted by molar-refractivity contribution is -0.101. The summed E-state index contributed by atoms with van der Waals surface area (Å²) in [6, 6.07) is 5.65. The van der Waals surface area contributed by atoms with Crippen molar-refractivity contribution in [2.24, 2.45) is 7.05 Å². The zero-order valence-electron chi connectivity index (χ0n) is 10.8. The van der Waals surface area contributed by atoms with Gasteiger partial charge in [0.2, 0.25) is 5.88 Å². The number of ether oxygens (including phenoxy) is 3. The number of nitrogens with zero attached hydrogens (tertiary/aromatic N) is 2. The van der Waals surface area contributed by atoms with Crippen molar-refractivity contribution in [1.29, 1.82) is 0 Å². The van der Waals surface area contributed by atoms with E-state index in [0.29, 0.717) is 38.0 Å². The van der Waals surface area contributed by atoms with Gasteiger partial charge in [-0.1, -0.05) is 0 Å². The van der Waals surface area contributed by atoms with Crippen molar-refractivity contribution < 1.29 is 14.2 Å². The number of fused-ring (bicyclic) bond motifs is 1. The third-order valence-electron chi connectivity index (χ3n) is 3.13. The van der Waals surface area contributed by atoms with Crippen LogP contribution in [-0.4, -0.2) is 42.3 Å². The first-order valence-electron chi connectivity index (χ1n) is 6.28. The molecule has 0 aliphatic carbocycles. The summed E-state index contributed by atoms with van der Waals surface area (Å²) in [6.07, 6.45) is -0.0282. The molecule has 1 fully saturated rings. The minimum absolute atomic E-state index is 0.0282. The summed E-state index contributed by atoms with van der Waals surface area (Å²) < 4.78 is 18.4. The molecule has 1 aliphatic heterocycles. The molecule has 0 saturated carbocycles. The first-order valence-corrected chi connectivity index (χ1v) is 6.28. The van der Waals surface area contributed by atoms with E-state index in [0.717, 1.165) is 10.9 Å². The van der Waals surface area contributed by atoms with Gasteiger partial charge < -0.3 is 19.9 Å². The fourth-order valence-electron chi connectivity index (χ4n) is 2.15. The average molecular weight is 263 g/mol. The van der Waals surface area contributed by atoms with E-state index < -0.39 is 0 Å². The summed E-state index contributed by atoms with van der Waals surface area (Å²) >= 11 is 0. The quantitative estimate of drug-likeness (QED) is 0.835. The summed E-state index contributed by atoms with van der Waals surface area (Å²) in [5.74, 6) is 0.603. The van der Waals surface area contributed by atoms with E-state index in [2.05, 4.69) is 5.10 Å². The predicted molar refractivity (Wildman–Crippen MR) is 71.2 cm³/mol. The summed E-state index contributed by atoms with van der Waals surface area (Å²) in [7, 11) is 1.87. The summed E-state index contributed by atoms with van der Waals surface area (Å²) in [4.78, 5) is 0. The lowest BCUT2D eigenvalue weighted by Gasteiger charge is -2.22. The standard InChI is InChI=1S/C13H17N3O3/c1-16-12-6-9(14)2-3-11(12)13(15-16)19-8-10-7-17-4-5-18-10/h2-3,6,10H,4-5,7-8,14H2,1H3. The van der Waals surface area contributed by atoms with Crippen LogP contribution in [-0.2, 0) is 16.5 Å². The molecule has 1 saturated heterocycles. The van der Waals surface area contributed by atoms with Gasteiger partial charge in [-0.3, -0.25) is 4.68 Å². The van der Waals surface area contributed by atoms with Crippen molar-refractivity contribution in [2.75, 3.05) is 32.2 Å². The second-order valence-electron chi connectivity index (χ2n) is 4.58. The fourth-order valence-corrected chi connectivity index (χ4v) is 2.15. The predicted octanol–water partition coefficient (Wildman–Crippen LogP) is 0.950. The Kier molecular flexibility index (Phi) is 3.27. The van der Waals surface area contributed by atoms with E-state index in [1.807, 2.05) is 25.2 Å². The molecule has 0 radical (unpaired) electrons. The van der Waals surface area contributed by atoms with Crippen LogP contribution in [0.3, 0.4) is 0 Å². The Labute approximate surface area is 111 Å². The van der Waals surface area contributed by atoms with Crippen molar-refractivity contribution in [3.63, 3.8) is 0 Å². The van der Waals surface area contributed by atoms with Crippen molar-refractivity contribution in [3.05, 3.63) is 18.2 Å². The van der Waals surface area contributed by atoms with Crippen LogP contribution in [0.25, 0.3) is 10.9 Å². The number of aryl methyl sites for hydroxylation is 1. The normalized spacial score (nSPS) is 19.7. The van der Waals surface area contributed by atoms with Gasteiger partial charge in [-0.2, -0.15) is 0 Å². The molecule has 0 spiro atoms. The Morgan fingerprint density at radius 3 is 3.16 bits per heavy atom. The minimum atomic E-state index is -0.0282. The van der Waals surface area contributed by atoms with E-state index >= 15 is 0 Å². The van der Waals surface area contributed by atoms with Crippen LogP contribution in [0.2, 0.25) is 0 Å². The maximum atomic E-state index is 5.77. The molecular weight excluding hydrogens is 246 g/mol. The average Bonchev–Trinajstić information content (AvgIpc) is 2.74. The lowest BCUT2D eigenvalue weighted by Crippen LogP contribution is -2.33. The molecule has 1 aliphatic rings. The van der Waals surface area contributed by atoms with Crippen LogP contribution in [0.15, 0.2) is 18.2 Å². The molecule has 102 valence electrons. The Morgan fingerprint density at radius 2 is 2.37 bits per heavy atom. The zero-order chi connectivity index (χ0) is 13.2. The van der Waals surface area contributed by atoms with Gasteiger partial charge in [-0.15, -0.1) is 5.10 Å². The molecule has 19 heavy (non-hydrogen) atoms. The molecule has 1 unspecified atom stereocenters. The number of nitrogens with two attached hydrogens (primary N) is 1. The van der Waals surface area contributed by atoms with Gasteiger partial charge in [0.15, 0.2) is 0 Å². The van der Waals surface area contributed by atoms with Crippen molar-refractivity contribution in [3.8, 4) is 5.88 Å². The van der Waals surface area contributed by atoms with E-state index in [1.165, 1.54) is 0 Å². The first kappa shape index (κ1) is 12.3. The highest BCUT2D eigenvalue weighted by Gasteiger charge is 2.17. The highest BCUT2D eigenvalue weighted by molar-refractivity contribution is 5.87. The Balaban J connectivity index is 1.77. The van der Waals surface area contributed by atoms with E-state index in [9.17, 15) is 0 Å². The van der Waals surface area contributed by atoms with Gasteiger partial charge in [0, 0.05) is 12.7 Å². The number of hydrogen-bond acceptors (Lipinski definition) is 5. The topological polar surface area (TPSA) is 71.5 Å². The van der Waals surface area contributed by atoms with E-state index in [1.54, 1.807) is 4.68 Å². The third-order valence-corrected chi connectivity index (χ3v) is 3.13. The zero-order valence-corrected chi connectivity index (χ0v) is 10.8. The van der Waals surface area contributed by atoms with Gasteiger partial charge >= 0.3 is 0 Å². The van der Waals surface area contributed by atoms with Gasteiger partial charge in [-0.25, -0.2) is 0 Å². The van der Waals surface area contributed by atoms with E-state index in [-0.39, 0.29) is 6.10 Å². The molecule has 6 nitrogen and oxygen atoms in total. The third kappa shape index (κ3) is 2.50. The molecule has 2 heterocycles. The lowest BCUT2D eigenvalue weighted by atomic mass is 10.2. The first-order chi connectivity index (χ1) is 9.24. The smallest absolute Gasteiger partial charge is 0.240 e. The second-order valence-corrected chi connectivity index (χ2v) is 4.58. The molecule has 1 atom stereocenters. The van der Waals surface area contributed by atoms with Gasteiger partial charge in [0.25, 0.3) is 0 Å². The van der Waals surface area contributed by atoms with Crippen molar-refractivity contribution in [1.82, 2.24) is 9.78 Å². The number of aromatic nitrogens is 2. The van der Waals surface area contributed by atoms with Gasteiger partial charge in [0.05, 0.1) is 30.7 Å². The second kappa shape index (κ2) is 5.07. The highest BCUT2D eigenvalue weighted by Crippen LogP contribution is 2.26. The molecule has 1 aromatic heterocycles. The van der Waals surface area contributed by atoms with Gasteiger partial charge in [-0.05, 0) is 18.2 Å². The number of nitrogen functional groups attached to an aromatic ring is 1. The molecular formula is C13H17N3O3. The Morgan fingerprint density at radius 1 is 1.47 bits per heavy atom. The number of anilines is 1. The van der Waals surface area contributed by atoms with E-state index in [4.69, 9.17) is 19.9 Å². The monoisotopic (exact) mass is 263 g/mol. The highest BCUT2D eigenvalue weighted by atomic mass is 16.6. The van der Waals surface area contributed by atoms with Crippen molar-refractivity contribution in [2.45, 2.75) is 6.10 Å². The molecule has 0 bridgehead atoms. The van der Waals surface area contributed by atoms with Crippen LogP contribution in [0.5, 0.6) is 5.88 Å². The summed E-state index contributed by atoms with van der Waals surface area (Å²) in [5, 5.41) is 5.31. The summed E-state index contributed by atoms with van der Waals surface area (Å²) in [6.45, 7) is 2.28. The van der Waals surface area contributed by atoms with Crippen LogP contribution in [0.1, 0.15) is 0 Å². The Bertz CT molecular complexity index is 576. The Hall–Kier alpha value is -1.79. The summed E-state index contributed by atoms with van der Waals surface area (Å²) in [5.41, 5.74) is 7.44. The molecule has 2 aromatic rings. The molecule has 2 N–H and O–H groups in total. The molecule has 0 amide bonds. The molecule has 3 rings (SSSR count). The molecule has 1 aromatic carbocycles. The van der Waals surface area contributed by atoms with Gasteiger partial charge in [0.1, 0.15) is 12.7 Å². The molecule has 6 heteroatoms. The SMILES string of the molecule is Cn1nc(OCC2COCCO2)c2ccc(N)cc21. The van der Waals surface area contributed by atoms with Crippen LogP contribution < -0.4 is 10.5 Å². The maximum absolute atomic E-state index is 5.77.